The number of nitrogens with zero attached hydrogens (tertiary/aromatic N) is 1. The molecular formula is C14H24ClNO2S2. The van der Waals surface area contributed by atoms with E-state index in [1.165, 1.54) is 11.3 Å². The number of sulfonamides is 1. The first-order valence-corrected chi connectivity index (χ1v) is 9.63. The number of thiophene rings is 1. The second kappa shape index (κ2) is 7.25. The Labute approximate surface area is 132 Å². The Morgan fingerprint density at radius 3 is 2.05 bits per heavy atom. The minimum Gasteiger partial charge on any atom is -0.207 e. The molecule has 0 unspecified atom stereocenters. The molecule has 0 aliphatic heterocycles. The summed E-state index contributed by atoms with van der Waals surface area (Å²) in [5, 5.41) is 0. The molecule has 0 N–H and O–H groups in total. The fourth-order valence-corrected chi connectivity index (χ4v) is 5.53. The van der Waals surface area contributed by atoms with Crippen LogP contribution in [-0.4, -0.2) is 25.8 Å². The molecule has 0 amide bonds. The highest BCUT2D eigenvalue weighted by Crippen LogP contribution is 2.29. The number of hydrogen-bond donors (Lipinski definition) is 0. The lowest BCUT2D eigenvalue weighted by Crippen LogP contribution is -2.37. The lowest BCUT2D eigenvalue weighted by Gasteiger charge is -2.25. The number of halogens is 1. The van der Waals surface area contributed by atoms with Gasteiger partial charge in [-0.15, -0.1) is 22.9 Å². The summed E-state index contributed by atoms with van der Waals surface area (Å²) in [6, 6.07) is 1.72. The third kappa shape index (κ3) is 4.45. The van der Waals surface area contributed by atoms with Gasteiger partial charge in [0.2, 0.25) is 10.0 Å². The number of alkyl halides is 1. The lowest BCUT2D eigenvalue weighted by molar-refractivity contribution is 0.333. The van der Waals surface area contributed by atoms with Gasteiger partial charge in [0.1, 0.15) is 0 Å². The zero-order valence-electron chi connectivity index (χ0n) is 12.8. The van der Waals surface area contributed by atoms with Crippen molar-refractivity contribution in [2.24, 2.45) is 11.8 Å². The van der Waals surface area contributed by atoms with E-state index < -0.39 is 10.0 Å². The van der Waals surface area contributed by atoms with Gasteiger partial charge in [0.05, 0.1) is 10.8 Å². The molecule has 1 heterocycles. The van der Waals surface area contributed by atoms with Gasteiger partial charge in [0, 0.05) is 22.8 Å². The zero-order chi connectivity index (χ0) is 15.5. The maximum Gasteiger partial charge on any atom is 0.244 e. The molecule has 20 heavy (non-hydrogen) atoms. The molecule has 1 aromatic heterocycles. The van der Waals surface area contributed by atoms with Crippen molar-refractivity contribution in [2.75, 3.05) is 13.1 Å². The summed E-state index contributed by atoms with van der Waals surface area (Å²) in [5.74, 6) is 0.958. The molecule has 1 rings (SSSR count). The Balaban J connectivity index is 3.17. The Kier molecular flexibility index (Phi) is 6.51. The van der Waals surface area contributed by atoms with Crippen molar-refractivity contribution in [1.29, 1.82) is 0 Å². The molecule has 0 bridgehead atoms. The largest absolute Gasteiger partial charge is 0.244 e. The molecule has 3 nitrogen and oxygen atoms in total. The van der Waals surface area contributed by atoms with Crippen LogP contribution in [0.4, 0.5) is 0 Å². The predicted octanol–water partition coefficient (Wildman–Crippen LogP) is 4.10. The first-order valence-electron chi connectivity index (χ1n) is 6.83. The number of aryl methyl sites for hydroxylation is 1. The monoisotopic (exact) mass is 337 g/mol. The zero-order valence-corrected chi connectivity index (χ0v) is 15.2. The van der Waals surface area contributed by atoms with Crippen molar-refractivity contribution in [1.82, 2.24) is 4.31 Å². The minimum absolute atomic E-state index is 0.301. The molecule has 6 heteroatoms. The molecule has 0 saturated heterocycles. The lowest BCUT2D eigenvalue weighted by atomic mass is 10.2. The van der Waals surface area contributed by atoms with E-state index in [0.717, 1.165) is 9.75 Å². The number of rotatable bonds is 7. The van der Waals surface area contributed by atoms with Gasteiger partial charge in [-0.05, 0) is 24.8 Å². The third-order valence-corrected chi connectivity index (χ3v) is 6.39. The van der Waals surface area contributed by atoms with Gasteiger partial charge in [-0.2, -0.15) is 4.31 Å². The van der Waals surface area contributed by atoms with Crippen molar-refractivity contribution in [2.45, 2.75) is 45.4 Å². The second-order valence-corrected chi connectivity index (χ2v) is 9.39. The van der Waals surface area contributed by atoms with Crippen LogP contribution in [0.15, 0.2) is 11.0 Å². The molecule has 0 spiro atoms. The van der Waals surface area contributed by atoms with Crippen LogP contribution in [-0.2, 0) is 15.9 Å². The first-order chi connectivity index (χ1) is 9.18. The van der Waals surface area contributed by atoms with E-state index in [1.807, 2.05) is 34.6 Å². The fourth-order valence-electron chi connectivity index (χ4n) is 2.07. The van der Waals surface area contributed by atoms with E-state index in [4.69, 9.17) is 11.6 Å². The smallest absolute Gasteiger partial charge is 0.207 e. The van der Waals surface area contributed by atoms with Crippen LogP contribution in [0.1, 0.15) is 37.4 Å². The van der Waals surface area contributed by atoms with Crippen molar-refractivity contribution < 1.29 is 8.42 Å². The standard InChI is InChI=1S/C14H24ClNO2S2/c1-10(2)8-16(9-11(3)4)20(17,18)14-6-13(7-15)19-12(14)5/h6,10-11H,7-9H2,1-5H3. The summed E-state index contributed by atoms with van der Waals surface area (Å²) < 4.78 is 27.3. The molecule has 0 radical (unpaired) electrons. The van der Waals surface area contributed by atoms with Gasteiger partial charge in [-0.25, -0.2) is 8.42 Å². The maximum atomic E-state index is 12.8. The summed E-state index contributed by atoms with van der Waals surface area (Å²) in [6.07, 6.45) is 0. The summed E-state index contributed by atoms with van der Waals surface area (Å²) in [5.41, 5.74) is 0. The molecule has 1 aromatic rings. The molecule has 0 fully saturated rings. The molecule has 0 atom stereocenters. The van der Waals surface area contributed by atoms with Crippen molar-refractivity contribution in [3.05, 3.63) is 15.8 Å². The highest BCUT2D eigenvalue weighted by molar-refractivity contribution is 7.89. The molecule has 0 aliphatic rings. The topological polar surface area (TPSA) is 37.4 Å². The van der Waals surface area contributed by atoms with Crippen LogP contribution in [0.5, 0.6) is 0 Å². The molecular weight excluding hydrogens is 314 g/mol. The fraction of sp³-hybridized carbons (Fsp3) is 0.714. The second-order valence-electron chi connectivity index (χ2n) is 5.88. The van der Waals surface area contributed by atoms with Crippen molar-refractivity contribution in [3.8, 4) is 0 Å². The minimum atomic E-state index is -3.43. The van der Waals surface area contributed by atoms with Crippen LogP contribution in [0.2, 0.25) is 0 Å². The van der Waals surface area contributed by atoms with Gasteiger partial charge in [-0.3, -0.25) is 0 Å². The highest BCUT2D eigenvalue weighted by atomic mass is 35.5. The van der Waals surface area contributed by atoms with Crippen molar-refractivity contribution in [3.63, 3.8) is 0 Å². The van der Waals surface area contributed by atoms with Gasteiger partial charge >= 0.3 is 0 Å². The van der Waals surface area contributed by atoms with Gasteiger partial charge in [0.25, 0.3) is 0 Å². The van der Waals surface area contributed by atoms with E-state index in [-0.39, 0.29) is 0 Å². The van der Waals surface area contributed by atoms with Crippen LogP contribution in [0.3, 0.4) is 0 Å². The van der Waals surface area contributed by atoms with E-state index in [1.54, 1.807) is 10.4 Å². The summed E-state index contributed by atoms with van der Waals surface area (Å²) in [4.78, 5) is 2.13. The van der Waals surface area contributed by atoms with E-state index in [9.17, 15) is 8.42 Å². The summed E-state index contributed by atoms with van der Waals surface area (Å²) in [6.45, 7) is 11.1. The van der Waals surface area contributed by atoms with E-state index >= 15 is 0 Å². The van der Waals surface area contributed by atoms with Gasteiger partial charge in [0.15, 0.2) is 0 Å². The predicted molar refractivity (Wildman–Crippen MR) is 87.0 cm³/mol. The normalized spacial score (nSPS) is 12.8. The van der Waals surface area contributed by atoms with Crippen LogP contribution < -0.4 is 0 Å². The Hall–Kier alpha value is -0.100. The molecule has 0 saturated carbocycles. The number of hydrogen-bond acceptors (Lipinski definition) is 3. The maximum absolute atomic E-state index is 12.8. The summed E-state index contributed by atoms with van der Waals surface area (Å²) >= 11 is 7.27. The molecule has 116 valence electrons. The third-order valence-electron chi connectivity index (χ3n) is 2.81. The highest BCUT2D eigenvalue weighted by Gasteiger charge is 2.28. The van der Waals surface area contributed by atoms with E-state index in [0.29, 0.717) is 35.7 Å². The molecule has 0 aliphatic carbocycles. The van der Waals surface area contributed by atoms with Gasteiger partial charge in [-0.1, -0.05) is 27.7 Å². The van der Waals surface area contributed by atoms with Crippen LogP contribution >= 0.6 is 22.9 Å². The van der Waals surface area contributed by atoms with Crippen molar-refractivity contribution >= 4 is 33.0 Å². The molecule has 0 aromatic carbocycles. The summed E-state index contributed by atoms with van der Waals surface area (Å²) in [7, 11) is -3.43. The Bertz CT molecular complexity index is 525. The SMILES string of the molecule is Cc1sc(CCl)cc1S(=O)(=O)N(CC(C)C)CC(C)C. The Morgan fingerprint density at radius 2 is 1.70 bits per heavy atom. The van der Waals surface area contributed by atoms with E-state index in [2.05, 4.69) is 0 Å². The van der Waals surface area contributed by atoms with Crippen LogP contribution in [0, 0.1) is 18.8 Å². The van der Waals surface area contributed by atoms with Gasteiger partial charge < -0.3 is 0 Å². The average molecular weight is 338 g/mol. The van der Waals surface area contributed by atoms with Crippen LogP contribution in [0.25, 0.3) is 0 Å². The Morgan fingerprint density at radius 1 is 1.20 bits per heavy atom. The average Bonchev–Trinajstić information content (AvgIpc) is 2.69. The first kappa shape index (κ1) is 18.0. The quantitative estimate of drug-likeness (QED) is 0.702.